The van der Waals surface area contributed by atoms with Gasteiger partial charge >= 0.3 is 0 Å². The lowest BCUT2D eigenvalue weighted by molar-refractivity contribution is 0.249. The molecule has 1 aliphatic rings. The normalized spacial score (nSPS) is 16.2. The summed E-state index contributed by atoms with van der Waals surface area (Å²) in [5.41, 5.74) is 1.35. The summed E-state index contributed by atoms with van der Waals surface area (Å²) in [5.74, 6) is 0.899. The minimum Gasteiger partial charge on any atom is -0.356 e. The van der Waals surface area contributed by atoms with E-state index in [0.717, 1.165) is 38.1 Å². The van der Waals surface area contributed by atoms with Crippen LogP contribution in [0, 0.1) is 0 Å². The SMILES string of the molecule is CN=C(NCCc1ccccc1)NCCN(C)C1CCCC1. The predicted octanol–water partition coefficient (Wildman–Crippen LogP) is 2.27. The molecule has 4 nitrogen and oxygen atoms in total. The minimum absolute atomic E-state index is 0.787. The monoisotopic (exact) mass is 302 g/mol. The van der Waals surface area contributed by atoms with Crippen molar-refractivity contribution in [1.29, 1.82) is 0 Å². The van der Waals surface area contributed by atoms with Crippen molar-refractivity contribution in [2.24, 2.45) is 4.99 Å². The molecule has 0 aliphatic heterocycles. The van der Waals surface area contributed by atoms with Gasteiger partial charge in [-0.25, -0.2) is 0 Å². The number of likely N-dealkylation sites (N-methyl/N-ethyl adjacent to an activating group) is 1. The van der Waals surface area contributed by atoms with Gasteiger partial charge in [-0.3, -0.25) is 4.99 Å². The summed E-state index contributed by atoms with van der Waals surface area (Å²) in [4.78, 5) is 6.77. The Balaban J connectivity index is 1.60. The van der Waals surface area contributed by atoms with E-state index in [9.17, 15) is 0 Å². The summed E-state index contributed by atoms with van der Waals surface area (Å²) in [5, 5.41) is 6.79. The molecule has 0 heterocycles. The molecular weight excluding hydrogens is 272 g/mol. The highest BCUT2D eigenvalue weighted by Crippen LogP contribution is 2.21. The molecule has 122 valence electrons. The van der Waals surface area contributed by atoms with Gasteiger partial charge in [0.2, 0.25) is 0 Å². The lowest BCUT2D eigenvalue weighted by atomic mass is 10.1. The topological polar surface area (TPSA) is 39.7 Å². The van der Waals surface area contributed by atoms with Crippen molar-refractivity contribution in [3.8, 4) is 0 Å². The molecule has 1 aliphatic carbocycles. The molecule has 22 heavy (non-hydrogen) atoms. The van der Waals surface area contributed by atoms with Crippen LogP contribution in [-0.2, 0) is 6.42 Å². The van der Waals surface area contributed by atoms with Crippen LogP contribution in [0.1, 0.15) is 31.2 Å². The molecule has 0 bridgehead atoms. The van der Waals surface area contributed by atoms with Crippen LogP contribution < -0.4 is 10.6 Å². The van der Waals surface area contributed by atoms with Gasteiger partial charge in [0.15, 0.2) is 5.96 Å². The Bertz CT molecular complexity index is 438. The number of hydrogen-bond donors (Lipinski definition) is 2. The lowest BCUT2D eigenvalue weighted by Crippen LogP contribution is -2.43. The third-order valence-corrected chi connectivity index (χ3v) is 4.48. The molecule has 0 unspecified atom stereocenters. The van der Waals surface area contributed by atoms with Crippen LogP contribution in [0.25, 0.3) is 0 Å². The van der Waals surface area contributed by atoms with Crippen LogP contribution in [0.15, 0.2) is 35.3 Å². The van der Waals surface area contributed by atoms with E-state index in [-0.39, 0.29) is 0 Å². The summed E-state index contributed by atoms with van der Waals surface area (Å²) in [7, 11) is 4.07. The molecule has 1 aromatic rings. The van der Waals surface area contributed by atoms with Gasteiger partial charge in [0.25, 0.3) is 0 Å². The van der Waals surface area contributed by atoms with Gasteiger partial charge in [0, 0.05) is 32.7 Å². The maximum Gasteiger partial charge on any atom is 0.191 e. The van der Waals surface area contributed by atoms with E-state index in [1.807, 2.05) is 7.05 Å². The molecule has 0 aromatic heterocycles. The molecule has 0 atom stereocenters. The second-order valence-electron chi connectivity index (χ2n) is 6.08. The highest BCUT2D eigenvalue weighted by atomic mass is 15.2. The number of guanidine groups is 1. The van der Waals surface area contributed by atoms with Crippen LogP contribution in [0.4, 0.5) is 0 Å². The van der Waals surface area contributed by atoms with E-state index in [1.165, 1.54) is 31.2 Å². The van der Waals surface area contributed by atoms with E-state index in [4.69, 9.17) is 0 Å². The van der Waals surface area contributed by atoms with Gasteiger partial charge in [0.1, 0.15) is 0 Å². The summed E-state index contributed by atoms with van der Waals surface area (Å²) >= 11 is 0. The number of nitrogens with one attached hydrogen (secondary N) is 2. The van der Waals surface area contributed by atoms with Crippen molar-refractivity contribution in [3.05, 3.63) is 35.9 Å². The van der Waals surface area contributed by atoms with Crippen LogP contribution >= 0.6 is 0 Å². The van der Waals surface area contributed by atoms with E-state index >= 15 is 0 Å². The van der Waals surface area contributed by atoms with Crippen molar-refractivity contribution in [2.75, 3.05) is 33.7 Å². The first-order chi connectivity index (χ1) is 10.8. The zero-order valence-corrected chi connectivity index (χ0v) is 14.0. The summed E-state index contributed by atoms with van der Waals surface area (Å²) < 4.78 is 0. The zero-order valence-electron chi connectivity index (χ0n) is 14.0. The second kappa shape index (κ2) is 9.46. The molecular formula is C18H30N4. The maximum absolute atomic E-state index is 4.29. The first kappa shape index (κ1) is 16.8. The summed E-state index contributed by atoms with van der Waals surface area (Å²) in [6, 6.07) is 11.3. The van der Waals surface area contributed by atoms with Crippen molar-refractivity contribution in [3.63, 3.8) is 0 Å². The van der Waals surface area contributed by atoms with E-state index in [2.05, 4.69) is 57.9 Å². The quantitative estimate of drug-likeness (QED) is 0.599. The Kier molecular flexibility index (Phi) is 7.23. The van der Waals surface area contributed by atoms with Gasteiger partial charge in [0.05, 0.1) is 0 Å². The fraction of sp³-hybridized carbons (Fsp3) is 0.611. The molecule has 2 N–H and O–H groups in total. The molecule has 4 heteroatoms. The molecule has 2 rings (SSSR count). The van der Waals surface area contributed by atoms with Crippen molar-refractivity contribution in [1.82, 2.24) is 15.5 Å². The first-order valence-corrected chi connectivity index (χ1v) is 8.48. The largest absolute Gasteiger partial charge is 0.356 e. The number of hydrogen-bond acceptors (Lipinski definition) is 2. The Morgan fingerprint density at radius 3 is 2.50 bits per heavy atom. The van der Waals surface area contributed by atoms with Crippen LogP contribution in [0.2, 0.25) is 0 Å². The van der Waals surface area contributed by atoms with Crippen LogP contribution in [0.3, 0.4) is 0 Å². The zero-order chi connectivity index (χ0) is 15.6. The summed E-state index contributed by atoms with van der Waals surface area (Å²) in [6.07, 6.45) is 6.53. The molecule has 0 spiro atoms. The Morgan fingerprint density at radius 2 is 1.82 bits per heavy atom. The highest BCUT2D eigenvalue weighted by Gasteiger charge is 2.18. The molecule has 0 saturated heterocycles. The van der Waals surface area contributed by atoms with E-state index in [0.29, 0.717) is 0 Å². The van der Waals surface area contributed by atoms with Gasteiger partial charge in [-0.05, 0) is 31.9 Å². The molecule has 1 saturated carbocycles. The van der Waals surface area contributed by atoms with Crippen molar-refractivity contribution in [2.45, 2.75) is 38.1 Å². The first-order valence-electron chi connectivity index (χ1n) is 8.48. The Morgan fingerprint density at radius 1 is 1.14 bits per heavy atom. The smallest absolute Gasteiger partial charge is 0.191 e. The molecule has 0 radical (unpaired) electrons. The number of nitrogens with zero attached hydrogens (tertiary/aromatic N) is 2. The Labute approximate surface area is 135 Å². The number of rotatable bonds is 7. The molecule has 1 aromatic carbocycles. The fourth-order valence-corrected chi connectivity index (χ4v) is 3.07. The number of aliphatic imine (C=N–C) groups is 1. The van der Waals surface area contributed by atoms with Gasteiger partial charge in [-0.15, -0.1) is 0 Å². The third kappa shape index (κ3) is 5.68. The Hall–Kier alpha value is -1.55. The highest BCUT2D eigenvalue weighted by molar-refractivity contribution is 5.79. The van der Waals surface area contributed by atoms with Crippen molar-refractivity contribution >= 4 is 5.96 Å². The van der Waals surface area contributed by atoms with Crippen molar-refractivity contribution < 1.29 is 0 Å². The van der Waals surface area contributed by atoms with Gasteiger partial charge in [-0.2, -0.15) is 0 Å². The minimum atomic E-state index is 0.787. The second-order valence-corrected chi connectivity index (χ2v) is 6.08. The summed E-state index contributed by atoms with van der Waals surface area (Å²) in [6.45, 7) is 2.92. The van der Waals surface area contributed by atoms with E-state index in [1.54, 1.807) is 0 Å². The van der Waals surface area contributed by atoms with Gasteiger partial charge < -0.3 is 15.5 Å². The lowest BCUT2D eigenvalue weighted by Gasteiger charge is -2.24. The third-order valence-electron chi connectivity index (χ3n) is 4.48. The molecule has 1 fully saturated rings. The fourth-order valence-electron chi connectivity index (χ4n) is 3.07. The predicted molar refractivity (Wildman–Crippen MR) is 94.4 cm³/mol. The average Bonchev–Trinajstić information content (AvgIpc) is 3.09. The van der Waals surface area contributed by atoms with Gasteiger partial charge in [-0.1, -0.05) is 43.2 Å². The van der Waals surface area contributed by atoms with E-state index < -0.39 is 0 Å². The maximum atomic E-state index is 4.29. The molecule has 0 amide bonds. The number of benzene rings is 1. The average molecular weight is 302 g/mol. The standard InChI is InChI=1S/C18H30N4/c1-19-18(20-13-12-16-8-4-3-5-9-16)21-14-15-22(2)17-10-6-7-11-17/h3-5,8-9,17H,6-7,10-15H2,1-2H3,(H2,19,20,21). The van der Waals surface area contributed by atoms with Crippen LogP contribution in [-0.4, -0.2) is 50.6 Å². The van der Waals surface area contributed by atoms with Crippen LogP contribution in [0.5, 0.6) is 0 Å².